The Morgan fingerprint density at radius 2 is 0.618 bits per heavy atom. The average Bonchev–Trinajstić information content (AvgIpc) is 1.62. The monoisotopic (exact) mass is 2240 g/mol. The van der Waals surface area contributed by atoms with Crippen LogP contribution in [0.3, 0.4) is 0 Å². The van der Waals surface area contributed by atoms with Gasteiger partial charge in [-0.05, 0) is 174 Å². The molecule has 3 aliphatic carbocycles. The van der Waals surface area contributed by atoms with Crippen molar-refractivity contribution in [1.29, 1.82) is 0 Å². The molecule has 0 bridgehead atoms. The van der Waals surface area contributed by atoms with Gasteiger partial charge in [0.05, 0.1) is 24.2 Å². The Hall–Kier alpha value is -8.86. The van der Waals surface area contributed by atoms with E-state index < -0.39 is 24.2 Å². The van der Waals surface area contributed by atoms with Crippen LogP contribution in [0.15, 0.2) is 292 Å². The molecule has 0 N–H and O–H groups in total. The summed E-state index contributed by atoms with van der Waals surface area (Å²) in [5.74, 6) is 2.25. The van der Waals surface area contributed by atoms with Crippen LogP contribution in [0.4, 0.5) is 0 Å². The minimum absolute atomic E-state index is 0. The van der Waals surface area contributed by atoms with Gasteiger partial charge in [-0.1, -0.05) is 238 Å². The zero-order valence-corrected chi connectivity index (χ0v) is 84.0. The SMILES string of the molecule is C[Si](C)(C)c1ccc2c(c1)sc1c(-c3ccccn3)[c-]ccc12.C[Si](C)(C)c1ccc2sc3c(-c4ccccn4)[c-]ccc3c2c1.C[Si](C)(C)c1cccc2c1sc1c(-c3ccccn3)[c-]ccc12.[Ir].[Ir].[Ir].[c-]1ccccc1-c1cc(C2CCCC2)ccn1.[c-]1ccccc1-c1cc(C2CCCC2)ccn1.[c-]1ccccc1-c1cc(C2CCCC2)ccn1. The second kappa shape index (κ2) is 42.4. The molecule has 0 atom stereocenters. The smallest absolute Gasteiger partial charge is 0.0794 e. The van der Waals surface area contributed by atoms with Crippen molar-refractivity contribution in [1.82, 2.24) is 29.9 Å². The van der Waals surface area contributed by atoms with Gasteiger partial charge in [-0.3, -0.25) is 0 Å². The van der Waals surface area contributed by atoms with Gasteiger partial charge in [0.25, 0.3) is 0 Å². The first-order chi connectivity index (χ1) is 58.4. The summed E-state index contributed by atoms with van der Waals surface area (Å²) in [4.78, 5) is 26.9. The minimum atomic E-state index is -1.37. The van der Waals surface area contributed by atoms with E-state index in [2.05, 4.69) is 271 Å². The number of rotatable bonds is 12. The molecule has 15 heteroatoms. The molecule has 9 heterocycles. The van der Waals surface area contributed by atoms with Crippen LogP contribution < -0.4 is 15.6 Å². The zero-order chi connectivity index (χ0) is 82.6. The van der Waals surface area contributed by atoms with E-state index in [0.29, 0.717) is 0 Å². The normalized spacial score (nSPS) is 13.5. The van der Waals surface area contributed by atoms with E-state index in [-0.39, 0.29) is 60.3 Å². The van der Waals surface area contributed by atoms with Gasteiger partial charge in [0.15, 0.2) is 0 Å². The molecule has 6 nitrogen and oxygen atoms in total. The number of hydrogen-bond acceptors (Lipinski definition) is 9. The number of pyridine rings is 6. The fourth-order valence-electron chi connectivity index (χ4n) is 16.9. The van der Waals surface area contributed by atoms with Gasteiger partial charge in [0.2, 0.25) is 0 Å². The molecule has 3 fully saturated rings. The third-order valence-electron chi connectivity index (χ3n) is 23.4. The topological polar surface area (TPSA) is 77.3 Å². The Balaban J connectivity index is 0.000000127. The third-order valence-corrected chi connectivity index (χ3v) is 33.4. The molecule has 3 radical (unpaired) electrons. The molecule has 18 aromatic rings. The maximum absolute atomic E-state index is 4.52. The average molecular weight is 2240 g/mol. The fourth-order valence-corrected chi connectivity index (χ4v) is 25.4. The third kappa shape index (κ3) is 22.3. The summed E-state index contributed by atoms with van der Waals surface area (Å²) in [6.07, 6.45) is 27.6. The Kier molecular flexibility index (Phi) is 31.7. The van der Waals surface area contributed by atoms with Gasteiger partial charge in [0, 0.05) is 112 Å². The molecular formula is C108H102Ir3N6S3Si3-6. The number of thiophene rings is 3. The first kappa shape index (κ1) is 91.8. The molecule has 0 unspecified atom stereocenters. The van der Waals surface area contributed by atoms with Gasteiger partial charge >= 0.3 is 0 Å². The van der Waals surface area contributed by atoms with Gasteiger partial charge in [0.1, 0.15) is 0 Å². The minimum Gasteiger partial charge on any atom is -0.305 e. The molecule has 9 aromatic heterocycles. The molecule has 0 amide bonds. The van der Waals surface area contributed by atoms with Crippen LogP contribution in [0.25, 0.3) is 128 Å². The molecule has 9 aromatic carbocycles. The molecule has 0 aliphatic heterocycles. The second-order valence-corrected chi connectivity index (χ2v) is 53.1. The summed E-state index contributed by atoms with van der Waals surface area (Å²) in [6.45, 7) is 21.6. The Bertz CT molecular complexity index is 6170. The van der Waals surface area contributed by atoms with Crippen molar-refractivity contribution in [3.8, 4) is 67.5 Å². The molecule has 21 rings (SSSR count). The molecule has 0 spiro atoms. The summed E-state index contributed by atoms with van der Waals surface area (Å²) in [6, 6.07) is 109. The van der Waals surface area contributed by atoms with Crippen molar-refractivity contribution in [3.05, 3.63) is 345 Å². The fraction of sp³-hybridized carbons (Fsp3) is 0.222. The van der Waals surface area contributed by atoms with Crippen molar-refractivity contribution in [3.63, 3.8) is 0 Å². The van der Waals surface area contributed by atoms with E-state index in [1.165, 1.54) is 165 Å². The van der Waals surface area contributed by atoms with E-state index in [1.54, 1.807) is 5.19 Å². The first-order valence-electron chi connectivity index (χ1n) is 42.6. The number of hydrogen-bond donors (Lipinski definition) is 0. The predicted octanol–water partition coefficient (Wildman–Crippen LogP) is 29.0. The number of nitrogens with zero attached hydrogens (tertiary/aromatic N) is 6. The first-order valence-corrected chi connectivity index (χ1v) is 55.5. The Morgan fingerprint density at radius 3 is 1.00 bits per heavy atom. The van der Waals surface area contributed by atoms with Crippen molar-refractivity contribution >= 4 is 134 Å². The maximum Gasteiger partial charge on any atom is 0.0794 e. The summed E-state index contributed by atoms with van der Waals surface area (Å²) in [7, 11) is -3.97. The van der Waals surface area contributed by atoms with Crippen molar-refractivity contribution in [2.24, 2.45) is 0 Å². The van der Waals surface area contributed by atoms with Crippen LogP contribution >= 0.6 is 34.0 Å². The number of benzene rings is 9. The van der Waals surface area contributed by atoms with Crippen LogP contribution in [0.1, 0.15) is 111 Å². The molecule has 123 heavy (non-hydrogen) atoms. The molecular weight excluding hydrogens is 2140 g/mol. The van der Waals surface area contributed by atoms with Crippen molar-refractivity contribution in [2.45, 2.75) is 154 Å². The predicted molar refractivity (Wildman–Crippen MR) is 522 cm³/mol. The maximum atomic E-state index is 4.52. The summed E-state index contributed by atoms with van der Waals surface area (Å²) < 4.78 is 8.03. The van der Waals surface area contributed by atoms with Gasteiger partial charge in [-0.15, -0.1) is 179 Å². The van der Waals surface area contributed by atoms with Crippen molar-refractivity contribution in [2.75, 3.05) is 0 Å². The summed E-state index contributed by atoms with van der Waals surface area (Å²) in [5, 5.41) is 12.6. The van der Waals surface area contributed by atoms with Gasteiger partial charge < -0.3 is 29.9 Å². The standard InChI is InChI=1S/3C20H18NSSi.3C16H16N.3Ir/c1-23(2,3)18-12-7-9-15-14-8-6-10-16(19(14)22-20(15)18)17-11-4-5-13-21-17;1-23(2,3)14-10-11-15-16-7-6-8-17(18-9-4-5-12-21-18)20(16)22-19(15)13-14;1-23(2,3)14-10-11-19-17(13-14)15-7-6-8-16(20(15)22-19)18-9-4-5-12-21-18;3*1-2-8-14(9-3-1)16-12-15(10-11-17-16)13-6-4-5-7-13;;;/h4-9,11-13H,1-3H3;2*4-7,9-13H,1-3H3;3*1-3,8,10-13H,4-7H2;;;/q6*-1;;;. The largest absolute Gasteiger partial charge is 0.305 e. The second-order valence-electron chi connectivity index (χ2n) is 34.8. The van der Waals surface area contributed by atoms with Crippen LogP contribution in [0, 0.1) is 36.4 Å². The Labute approximate surface area is 783 Å². The van der Waals surface area contributed by atoms with Crippen molar-refractivity contribution < 1.29 is 60.3 Å². The zero-order valence-electron chi connectivity index (χ0n) is 71.3. The van der Waals surface area contributed by atoms with Gasteiger partial charge in [-0.25, -0.2) is 0 Å². The molecule has 627 valence electrons. The number of fused-ring (bicyclic) bond motifs is 9. The number of aromatic nitrogens is 6. The van der Waals surface area contributed by atoms with Crippen LogP contribution in [0.5, 0.6) is 0 Å². The van der Waals surface area contributed by atoms with E-state index in [1.807, 2.05) is 180 Å². The van der Waals surface area contributed by atoms with E-state index in [4.69, 9.17) is 0 Å². The van der Waals surface area contributed by atoms with E-state index in [0.717, 1.165) is 85.3 Å². The summed E-state index contributed by atoms with van der Waals surface area (Å²) in [5.41, 5.74) is 17.1. The van der Waals surface area contributed by atoms with Crippen LogP contribution in [0.2, 0.25) is 58.9 Å². The molecule has 0 saturated heterocycles. The van der Waals surface area contributed by atoms with E-state index in [9.17, 15) is 0 Å². The Morgan fingerprint density at radius 1 is 0.260 bits per heavy atom. The van der Waals surface area contributed by atoms with E-state index >= 15 is 0 Å². The summed E-state index contributed by atoms with van der Waals surface area (Å²) >= 11 is 5.61. The van der Waals surface area contributed by atoms with Crippen LogP contribution in [-0.2, 0) is 60.3 Å². The molecule has 3 saturated carbocycles. The van der Waals surface area contributed by atoms with Gasteiger partial charge in [-0.2, -0.15) is 34.0 Å². The van der Waals surface area contributed by atoms with Crippen LogP contribution in [-0.4, -0.2) is 54.1 Å². The molecule has 3 aliphatic rings. The quantitative estimate of drug-likeness (QED) is 0.0896.